The summed E-state index contributed by atoms with van der Waals surface area (Å²) in [4.78, 5) is 0. The molecule has 8 rings (SSSR count). The Kier molecular flexibility index (Phi) is 11.9. The molecule has 332 valence electrons. The maximum Gasteiger partial charge on any atom is 0.229 e. The lowest BCUT2D eigenvalue weighted by atomic mass is 9.76. The van der Waals surface area contributed by atoms with Crippen molar-refractivity contribution in [1.82, 2.24) is 0 Å². The maximum absolute atomic E-state index is 12.8. The van der Waals surface area contributed by atoms with Crippen LogP contribution in [0.25, 0.3) is 12.2 Å². The second-order valence-corrected chi connectivity index (χ2v) is 15.7. The second-order valence-electron chi connectivity index (χ2n) is 15.7. The molecule has 16 nitrogen and oxygen atoms in total. The first-order valence-electron chi connectivity index (χ1n) is 20.0. The minimum absolute atomic E-state index is 0.00314. The standard InChI is InChI=1S/C48H44O16/c49-21-37-43(59)44(60)45(61)48(63-37)64-47-33(18-31(55)19-35(47)57)42(58)38(23-4-10-27(51)11-5-23)40-32(14-3-22-1-8-26(50)9-2-22)41-36(20-34(40)56)62-46(24-6-12-28(52)13-7-24)39(41)25-15-29(53)17-30(54)16-25/h1-20,37-39,42-46,48-61H,21H2/b14-3+/t37-,38-,39-,42-,43-,44+,45-,46+,48+/m1/s1. The molecule has 2 aliphatic heterocycles. The van der Waals surface area contributed by atoms with Crippen molar-refractivity contribution < 1.29 is 80.6 Å². The molecule has 1 saturated heterocycles. The van der Waals surface area contributed by atoms with E-state index >= 15 is 0 Å². The van der Waals surface area contributed by atoms with Crippen LogP contribution in [0, 0.1) is 0 Å². The Morgan fingerprint density at radius 2 is 1.19 bits per heavy atom. The van der Waals surface area contributed by atoms with E-state index in [9.17, 15) is 66.4 Å². The molecule has 16 heteroatoms. The zero-order valence-corrected chi connectivity index (χ0v) is 33.5. The molecule has 0 spiro atoms. The van der Waals surface area contributed by atoms with Crippen LogP contribution in [0.2, 0.25) is 0 Å². The van der Waals surface area contributed by atoms with Crippen LogP contribution < -0.4 is 9.47 Å². The van der Waals surface area contributed by atoms with E-state index in [-0.39, 0.29) is 56.8 Å². The van der Waals surface area contributed by atoms with Crippen LogP contribution in [0.5, 0.6) is 57.5 Å². The van der Waals surface area contributed by atoms with Crippen molar-refractivity contribution in [3.63, 3.8) is 0 Å². The predicted molar refractivity (Wildman–Crippen MR) is 227 cm³/mol. The van der Waals surface area contributed by atoms with Crippen molar-refractivity contribution >= 4 is 12.2 Å². The summed E-state index contributed by atoms with van der Waals surface area (Å²) in [5.74, 6) is -5.22. The lowest BCUT2D eigenvalue weighted by Crippen LogP contribution is -2.60. The molecule has 64 heavy (non-hydrogen) atoms. The third-order valence-corrected chi connectivity index (χ3v) is 11.5. The fourth-order valence-electron chi connectivity index (χ4n) is 8.42. The second kappa shape index (κ2) is 17.5. The first-order chi connectivity index (χ1) is 30.6. The molecule has 1 fully saturated rings. The number of hydrogen-bond acceptors (Lipinski definition) is 16. The third kappa shape index (κ3) is 8.36. The Bertz CT molecular complexity index is 2640. The smallest absolute Gasteiger partial charge is 0.229 e. The molecule has 0 aromatic heterocycles. The van der Waals surface area contributed by atoms with E-state index in [2.05, 4.69) is 0 Å². The minimum atomic E-state index is -1.95. The van der Waals surface area contributed by atoms with Crippen LogP contribution >= 0.6 is 0 Å². The summed E-state index contributed by atoms with van der Waals surface area (Å²) in [6.45, 7) is -0.802. The van der Waals surface area contributed by atoms with E-state index in [0.29, 0.717) is 22.3 Å². The fourth-order valence-corrected chi connectivity index (χ4v) is 8.42. The molecule has 9 atom stereocenters. The zero-order valence-electron chi connectivity index (χ0n) is 33.5. The number of aliphatic hydroxyl groups is 5. The summed E-state index contributed by atoms with van der Waals surface area (Å²) < 4.78 is 18.1. The molecule has 13 N–H and O–H groups in total. The molecule has 0 amide bonds. The molecule has 0 aliphatic carbocycles. The van der Waals surface area contributed by atoms with Gasteiger partial charge in [0.25, 0.3) is 0 Å². The van der Waals surface area contributed by atoms with Gasteiger partial charge in [-0.1, -0.05) is 48.6 Å². The van der Waals surface area contributed by atoms with Crippen molar-refractivity contribution in [3.05, 3.63) is 154 Å². The highest BCUT2D eigenvalue weighted by molar-refractivity contribution is 5.79. The van der Waals surface area contributed by atoms with E-state index in [1.807, 2.05) is 0 Å². The molecule has 0 bridgehead atoms. The van der Waals surface area contributed by atoms with Gasteiger partial charge in [-0.05, 0) is 82.4 Å². The van der Waals surface area contributed by atoms with Crippen LogP contribution in [0.4, 0.5) is 0 Å². The van der Waals surface area contributed by atoms with Crippen LogP contribution in [0.1, 0.15) is 68.6 Å². The number of rotatable bonds is 11. The van der Waals surface area contributed by atoms with Gasteiger partial charge in [0.1, 0.15) is 76.5 Å². The number of hydrogen-bond donors (Lipinski definition) is 13. The lowest BCUT2D eigenvalue weighted by molar-refractivity contribution is -0.277. The van der Waals surface area contributed by atoms with Crippen molar-refractivity contribution in [2.45, 2.75) is 54.7 Å². The van der Waals surface area contributed by atoms with E-state index in [1.54, 1.807) is 36.4 Å². The topological polar surface area (TPSA) is 291 Å². The molecule has 6 aromatic carbocycles. The maximum atomic E-state index is 12.8. The van der Waals surface area contributed by atoms with Gasteiger partial charge in [0.2, 0.25) is 6.29 Å². The predicted octanol–water partition coefficient (Wildman–Crippen LogP) is 4.81. The largest absolute Gasteiger partial charge is 0.508 e. The normalized spacial score (nSPS) is 22.7. The lowest BCUT2D eigenvalue weighted by Gasteiger charge is -2.40. The first-order valence-corrected chi connectivity index (χ1v) is 20.0. The number of ether oxygens (including phenoxy) is 3. The number of phenols is 8. The minimum Gasteiger partial charge on any atom is -0.508 e. The number of benzene rings is 6. The zero-order chi connectivity index (χ0) is 45.6. The highest BCUT2D eigenvalue weighted by Gasteiger charge is 2.46. The molecular formula is C48H44O16. The van der Waals surface area contributed by atoms with Gasteiger partial charge in [0.05, 0.1) is 18.6 Å². The van der Waals surface area contributed by atoms with E-state index in [0.717, 1.165) is 18.2 Å². The Hall–Kier alpha value is -7.18. The molecule has 0 unspecified atom stereocenters. The van der Waals surface area contributed by atoms with Crippen molar-refractivity contribution in [2.24, 2.45) is 0 Å². The molecular weight excluding hydrogens is 833 g/mol. The Morgan fingerprint density at radius 1 is 0.594 bits per heavy atom. The van der Waals surface area contributed by atoms with Crippen LogP contribution in [0.3, 0.4) is 0 Å². The Morgan fingerprint density at radius 3 is 1.81 bits per heavy atom. The van der Waals surface area contributed by atoms with Crippen LogP contribution in [-0.2, 0) is 4.74 Å². The van der Waals surface area contributed by atoms with Crippen LogP contribution in [0.15, 0.2) is 109 Å². The molecule has 0 radical (unpaired) electrons. The van der Waals surface area contributed by atoms with E-state index in [4.69, 9.17) is 14.2 Å². The summed E-state index contributed by atoms with van der Waals surface area (Å²) in [6, 6.07) is 25.2. The van der Waals surface area contributed by atoms with Crippen LogP contribution in [-0.4, -0.2) is 104 Å². The van der Waals surface area contributed by atoms with Gasteiger partial charge in [0, 0.05) is 40.8 Å². The van der Waals surface area contributed by atoms with Crippen molar-refractivity contribution in [3.8, 4) is 57.5 Å². The highest BCUT2D eigenvalue weighted by atomic mass is 16.7. The summed E-state index contributed by atoms with van der Waals surface area (Å²) in [5, 5.41) is 141. The van der Waals surface area contributed by atoms with Crippen molar-refractivity contribution in [2.75, 3.05) is 6.61 Å². The summed E-state index contributed by atoms with van der Waals surface area (Å²) in [5.41, 5.74) is 2.04. The average molecular weight is 877 g/mol. The number of fused-ring (bicyclic) bond motifs is 1. The first kappa shape index (κ1) is 43.5. The summed E-state index contributed by atoms with van der Waals surface area (Å²) >= 11 is 0. The van der Waals surface area contributed by atoms with E-state index < -0.39 is 84.4 Å². The van der Waals surface area contributed by atoms with Gasteiger partial charge >= 0.3 is 0 Å². The van der Waals surface area contributed by atoms with Crippen molar-refractivity contribution in [1.29, 1.82) is 0 Å². The molecule has 6 aromatic rings. The summed E-state index contributed by atoms with van der Waals surface area (Å²) in [6.07, 6.45) is -8.39. The molecule has 2 aliphatic rings. The van der Waals surface area contributed by atoms with Gasteiger partial charge < -0.3 is 80.6 Å². The van der Waals surface area contributed by atoms with Gasteiger partial charge in [-0.2, -0.15) is 0 Å². The van der Waals surface area contributed by atoms with Gasteiger partial charge in [0.15, 0.2) is 11.5 Å². The molecule has 0 saturated carbocycles. The molecule has 2 heterocycles. The van der Waals surface area contributed by atoms with Gasteiger partial charge in [-0.15, -0.1) is 0 Å². The number of aromatic hydroxyl groups is 8. The van der Waals surface area contributed by atoms with Gasteiger partial charge in [-0.25, -0.2) is 0 Å². The number of aliphatic hydroxyl groups excluding tert-OH is 5. The fraction of sp³-hybridized carbons (Fsp3) is 0.208. The monoisotopic (exact) mass is 876 g/mol. The highest BCUT2D eigenvalue weighted by Crippen LogP contribution is 2.57. The van der Waals surface area contributed by atoms with E-state index in [1.165, 1.54) is 66.7 Å². The summed E-state index contributed by atoms with van der Waals surface area (Å²) in [7, 11) is 0. The average Bonchev–Trinajstić information content (AvgIpc) is 3.64. The SMILES string of the molecule is OC[C@H]1O[C@@H](Oc2c(O)cc(O)cc2[C@@H](O)[C@H](c2ccc(O)cc2)c2c(O)cc3c(c2/C=C/c2ccc(O)cc2)[C@@H](c2cc(O)cc(O)c2)[C@H](c2ccc(O)cc2)O3)[C@H](O)[C@@H](O)[C@@H]1O. The number of phenolic OH excluding ortho intramolecular Hbond substituents is 8. The Labute approximate surface area is 364 Å². The Balaban J connectivity index is 1.38. The quantitative estimate of drug-likeness (QED) is 0.0777. The third-order valence-electron chi connectivity index (χ3n) is 11.5. The van der Waals surface area contributed by atoms with Gasteiger partial charge in [-0.3, -0.25) is 0 Å².